The van der Waals surface area contributed by atoms with Crippen molar-refractivity contribution in [1.82, 2.24) is 0 Å². The zero-order chi connectivity index (χ0) is 16.3. The highest BCUT2D eigenvalue weighted by molar-refractivity contribution is 5.92. The Kier molecular flexibility index (Phi) is 4.41. The van der Waals surface area contributed by atoms with Crippen LogP contribution in [-0.4, -0.2) is 16.0 Å². The minimum absolute atomic E-state index is 0.0582. The molecule has 0 aliphatic carbocycles. The molecule has 2 aromatic rings. The van der Waals surface area contributed by atoms with Gasteiger partial charge in [-0.3, -0.25) is 10.1 Å². The number of hydrogen-bond acceptors (Lipinski definition) is 5. The molecule has 1 N–H and O–H groups in total. The number of nitrogens with zero attached hydrogens (tertiary/aromatic N) is 1. The first-order valence-corrected chi connectivity index (χ1v) is 6.63. The number of ether oxygens (including phenoxy) is 1. The maximum atomic E-state index is 12.1. The third kappa shape index (κ3) is 3.41. The second-order valence-corrected chi connectivity index (χ2v) is 4.92. The predicted molar refractivity (Wildman–Crippen MR) is 79.8 cm³/mol. The number of carbonyl (C=O) groups excluding carboxylic acids is 1. The van der Waals surface area contributed by atoms with Crippen LogP contribution in [0.3, 0.4) is 0 Å². The molecule has 0 bridgehead atoms. The van der Waals surface area contributed by atoms with Gasteiger partial charge in [0, 0.05) is 12.1 Å². The average Bonchev–Trinajstić information content (AvgIpc) is 2.47. The molecule has 0 radical (unpaired) electrons. The van der Waals surface area contributed by atoms with E-state index >= 15 is 0 Å². The summed E-state index contributed by atoms with van der Waals surface area (Å²) in [6, 6.07) is 10.5. The lowest BCUT2D eigenvalue weighted by atomic mass is 10.1. The number of benzene rings is 2. The summed E-state index contributed by atoms with van der Waals surface area (Å²) in [4.78, 5) is 22.3. The molecule has 2 aromatic carbocycles. The van der Waals surface area contributed by atoms with E-state index in [4.69, 9.17) is 4.74 Å². The highest BCUT2D eigenvalue weighted by Crippen LogP contribution is 2.25. The van der Waals surface area contributed by atoms with Gasteiger partial charge in [0.1, 0.15) is 17.4 Å². The summed E-state index contributed by atoms with van der Waals surface area (Å²) in [7, 11) is 0. The molecule has 114 valence electrons. The van der Waals surface area contributed by atoms with E-state index < -0.39 is 17.0 Å². The van der Waals surface area contributed by atoms with Crippen LogP contribution >= 0.6 is 0 Å². The Bertz CT molecular complexity index is 726. The average molecular weight is 301 g/mol. The molecule has 0 heterocycles. The van der Waals surface area contributed by atoms with Crippen molar-refractivity contribution in [1.29, 1.82) is 0 Å². The maximum absolute atomic E-state index is 12.1. The monoisotopic (exact) mass is 301 g/mol. The van der Waals surface area contributed by atoms with Crippen molar-refractivity contribution < 1.29 is 19.6 Å². The number of carbonyl (C=O) groups is 1. The molecule has 0 spiro atoms. The topological polar surface area (TPSA) is 89.7 Å². The van der Waals surface area contributed by atoms with E-state index in [0.29, 0.717) is 5.56 Å². The molecule has 0 unspecified atom stereocenters. The van der Waals surface area contributed by atoms with Crippen molar-refractivity contribution in [2.45, 2.75) is 20.0 Å². The zero-order valence-corrected chi connectivity index (χ0v) is 12.1. The molecule has 0 aliphatic rings. The number of hydrogen-bond donors (Lipinski definition) is 1. The lowest BCUT2D eigenvalue weighted by Crippen LogP contribution is -2.09. The fourth-order valence-corrected chi connectivity index (χ4v) is 2.00. The van der Waals surface area contributed by atoms with E-state index in [-0.39, 0.29) is 17.0 Å². The van der Waals surface area contributed by atoms with Crippen LogP contribution in [0.15, 0.2) is 42.5 Å². The second kappa shape index (κ2) is 6.26. The lowest BCUT2D eigenvalue weighted by molar-refractivity contribution is -0.385. The third-order valence-corrected chi connectivity index (χ3v) is 3.21. The number of aryl methyl sites for hydroxylation is 1. The number of phenolic OH excluding ortho intramolecular Hbond substituents is 1. The highest BCUT2D eigenvalue weighted by atomic mass is 16.6. The fourth-order valence-electron chi connectivity index (χ4n) is 2.00. The van der Waals surface area contributed by atoms with Gasteiger partial charge in [-0.2, -0.15) is 0 Å². The molecule has 0 fully saturated rings. The second-order valence-electron chi connectivity index (χ2n) is 4.92. The van der Waals surface area contributed by atoms with Crippen LogP contribution in [-0.2, 0) is 4.74 Å². The lowest BCUT2D eigenvalue weighted by Gasteiger charge is -2.14. The van der Waals surface area contributed by atoms with Crippen LogP contribution in [0.4, 0.5) is 5.69 Å². The van der Waals surface area contributed by atoms with Crippen molar-refractivity contribution in [2.75, 3.05) is 0 Å². The Balaban J connectivity index is 2.17. The van der Waals surface area contributed by atoms with Crippen LogP contribution in [0, 0.1) is 17.0 Å². The van der Waals surface area contributed by atoms with E-state index in [0.717, 1.165) is 5.56 Å². The van der Waals surface area contributed by atoms with Gasteiger partial charge in [-0.15, -0.1) is 0 Å². The molecule has 0 amide bonds. The minimum atomic E-state index is -0.684. The van der Waals surface area contributed by atoms with Crippen LogP contribution in [0.1, 0.15) is 34.5 Å². The van der Waals surface area contributed by atoms with Gasteiger partial charge in [-0.05, 0) is 37.1 Å². The van der Waals surface area contributed by atoms with E-state index in [1.54, 1.807) is 26.0 Å². The van der Waals surface area contributed by atoms with Gasteiger partial charge < -0.3 is 9.84 Å². The van der Waals surface area contributed by atoms with Gasteiger partial charge in [0.25, 0.3) is 5.69 Å². The van der Waals surface area contributed by atoms with E-state index in [2.05, 4.69) is 0 Å². The van der Waals surface area contributed by atoms with Crippen LogP contribution in [0.25, 0.3) is 0 Å². The number of nitro groups is 1. The van der Waals surface area contributed by atoms with Crippen LogP contribution in [0.2, 0.25) is 0 Å². The quantitative estimate of drug-likeness (QED) is 0.530. The first-order chi connectivity index (χ1) is 10.4. The van der Waals surface area contributed by atoms with Crippen molar-refractivity contribution in [3.05, 3.63) is 69.3 Å². The standard InChI is InChI=1S/C16H15NO5/c1-10-6-7-14(15(18)8-10)16(19)22-11(2)12-4-3-5-13(9-12)17(20)21/h3-9,11,18H,1-2H3/t11-/m1/s1. The molecular weight excluding hydrogens is 286 g/mol. The number of rotatable bonds is 4. The molecule has 0 aliphatic heterocycles. The van der Waals surface area contributed by atoms with Crippen molar-refractivity contribution >= 4 is 11.7 Å². The number of nitro benzene ring substituents is 1. The van der Waals surface area contributed by atoms with E-state index in [1.165, 1.54) is 30.3 Å². The molecular formula is C16H15NO5. The normalized spacial score (nSPS) is 11.7. The van der Waals surface area contributed by atoms with Crippen LogP contribution < -0.4 is 0 Å². The van der Waals surface area contributed by atoms with E-state index in [9.17, 15) is 20.0 Å². The SMILES string of the molecule is Cc1ccc(C(=O)O[C@H](C)c2cccc([N+](=O)[O-])c2)c(O)c1. The summed E-state index contributed by atoms with van der Waals surface area (Å²) >= 11 is 0. The summed E-state index contributed by atoms with van der Waals surface area (Å²) in [6.45, 7) is 3.41. The molecule has 0 saturated carbocycles. The van der Waals surface area contributed by atoms with E-state index in [1.807, 2.05) is 0 Å². The Hall–Kier alpha value is -2.89. The van der Waals surface area contributed by atoms with Gasteiger partial charge in [0.15, 0.2) is 0 Å². The van der Waals surface area contributed by atoms with Crippen LogP contribution in [0.5, 0.6) is 5.75 Å². The minimum Gasteiger partial charge on any atom is -0.507 e. The zero-order valence-electron chi connectivity index (χ0n) is 12.1. The van der Waals surface area contributed by atoms with Gasteiger partial charge >= 0.3 is 5.97 Å². The maximum Gasteiger partial charge on any atom is 0.342 e. The molecule has 1 atom stereocenters. The van der Waals surface area contributed by atoms with Crippen molar-refractivity contribution in [3.8, 4) is 5.75 Å². The molecule has 0 saturated heterocycles. The largest absolute Gasteiger partial charge is 0.507 e. The summed E-state index contributed by atoms with van der Waals surface area (Å²) < 4.78 is 5.26. The Morgan fingerprint density at radius 1 is 1.27 bits per heavy atom. The predicted octanol–water partition coefficient (Wildman–Crippen LogP) is 3.53. The Morgan fingerprint density at radius 3 is 2.64 bits per heavy atom. The Labute approximate surface area is 127 Å². The number of non-ortho nitro benzene ring substituents is 1. The molecule has 6 nitrogen and oxygen atoms in total. The molecule has 22 heavy (non-hydrogen) atoms. The summed E-state index contributed by atoms with van der Waals surface area (Å²) in [5.41, 5.74) is 1.32. The number of phenols is 1. The molecule has 6 heteroatoms. The van der Waals surface area contributed by atoms with Crippen molar-refractivity contribution in [2.24, 2.45) is 0 Å². The summed E-state index contributed by atoms with van der Waals surface area (Å²) in [5, 5.41) is 20.5. The summed E-state index contributed by atoms with van der Waals surface area (Å²) in [6.07, 6.45) is -0.673. The smallest absolute Gasteiger partial charge is 0.342 e. The fraction of sp³-hybridized carbons (Fsp3) is 0.188. The van der Waals surface area contributed by atoms with Gasteiger partial charge in [0.2, 0.25) is 0 Å². The first-order valence-electron chi connectivity index (χ1n) is 6.63. The summed E-state index contributed by atoms with van der Waals surface area (Å²) in [5.74, 6) is -0.840. The Morgan fingerprint density at radius 2 is 2.00 bits per heavy atom. The van der Waals surface area contributed by atoms with Gasteiger partial charge in [-0.1, -0.05) is 18.2 Å². The number of aromatic hydroxyl groups is 1. The molecule has 0 aromatic heterocycles. The van der Waals surface area contributed by atoms with Gasteiger partial charge in [0.05, 0.1) is 4.92 Å². The highest BCUT2D eigenvalue weighted by Gasteiger charge is 2.18. The van der Waals surface area contributed by atoms with Gasteiger partial charge in [-0.25, -0.2) is 4.79 Å². The molecule has 2 rings (SSSR count). The first kappa shape index (κ1) is 15.5. The third-order valence-electron chi connectivity index (χ3n) is 3.21. The van der Waals surface area contributed by atoms with Crippen molar-refractivity contribution in [3.63, 3.8) is 0 Å². The number of esters is 1.